The average molecular weight is 310 g/mol. The van der Waals surface area contributed by atoms with Crippen LogP contribution in [-0.2, 0) is 18.3 Å². The maximum absolute atomic E-state index is 12.2. The van der Waals surface area contributed by atoms with E-state index in [0.29, 0.717) is 6.42 Å². The Balaban J connectivity index is 1.91. The lowest BCUT2D eigenvalue weighted by atomic mass is 10.0. The lowest BCUT2D eigenvalue weighted by molar-refractivity contribution is -0.117. The van der Waals surface area contributed by atoms with E-state index in [2.05, 4.69) is 31.0 Å². The minimum Gasteiger partial charge on any atom is -0.319 e. The molecule has 0 unspecified atom stereocenters. The number of amides is 1. The van der Waals surface area contributed by atoms with Gasteiger partial charge in [-0.1, -0.05) is 41.7 Å². The van der Waals surface area contributed by atoms with Gasteiger partial charge in [-0.15, -0.1) is 0 Å². The van der Waals surface area contributed by atoms with Crippen LogP contribution in [0.25, 0.3) is 10.2 Å². The van der Waals surface area contributed by atoms with Crippen molar-refractivity contribution >= 4 is 27.5 Å². The smallest absolute Gasteiger partial charge is 0.252 e. The Labute approximate surface area is 133 Å². The van der Waals surface area contributed by atoms with E-state index in [1.165, 1.54) is 11.1 Å². The van der Waals surface area contributed by atoms with Crippen LogP contribution in [0, 0.1) is 13.8 Å². The average Bonchev–Trinajstić information content (AvgIpc) is 2.80. The molecule has 0 aliphatic rings. The summed E-state index contributed by atoms with van der Waals surface area (Å²) >= 11 is 1.54. The van der Waals surface area contributed by atoms with Crippen molar-refractivity contribution in [3.63, 3.8) is 0 Å². The summed E-state index contributed by atoms with van der Waals surface area (Å²) in [6.07, 6.45) is 0.343. The number of hydrogen-bond acceptors (Lipinski definition) is 2. The molecule has 4 heteroatoms. The van der Waals surface area contributed by atoms with Crippen molar-refractivity contribution in [3.05, 3.63) is 64.0 Å². The number of hydrogen-bond donors (Lipinski definition) is 0. The van der Waals surface area contributed by atoms with Crippen molar-refractivity contribution in [2.24, 2.45) is 12.0 Å². The second kappa shape index (κ2) is 5.89. The first-order valence-corrected chi connectivity index (χ1v) is 8.04. The van der Waals surface area contributed by atoms with Gasteiger partial charge in [0.05, 0.1) is 16.6 Å². The number of carbonyl (C=O) groups excluding carboxylic acids is 1. The van der Waals surface area contributed by atoms with Crippen LogP contribution in [0.1, 0.15) is 16.7 Å². The zero-order chi connectivity index (χ0) is 15.7. The molecule has 0 bridgehead atoms. The van der Waals surface area contributed by atoms with Crippen molar-refractivity contribution < 1.29 is 4.79 Å². The van der Waals surface area contributed by atoms with Crippen molar-refractivity contribution in [1.82, 2.24) is 4.57 Å². The van der Waals surface area contributed by atoms with Gasteiger partial charge in [-0.05, 0) is 42.7 Å². The molecule has 3 rings (SSSR count). The molecule has 3 aromatic rings. The maximum Gasteiger partial charge on any atom is 0.252 e. The lowest BCUT2D eigenvalue weighted by Gasteiger charge is -2.02. The molecule has 0 N–H and O–H groups in total. The third kappa shape index (κ3) is 2.88. The number of aromatic nitrogens is 1. The summed E-state index contributed by atoms with van der Waals surface area (Å²) in [5, 5.41) is 0. The first-order chi connectivity index (χ1) is 10.5. The summed E-state index contributed by atoms with van der Waals surface area (Å²) in [5.74, 6) is -0.106. The Bertz CT molecular complexity index is 918. The predicted octanol–water partition coefficient (Wildman–Crippen LogP) is 3.53. The number of carbonyl (C=O) groups is 1. The molecule has 22 heavy (non-hydrogen) atoms. The molecule has 0 aliphatic heterocycles. The number of aryl methyl sites for hydroxylation is 3. The Kier molecular flexibility index (Phi) is 3.94. The topological polar surface area (TPSA) is 34.4 Å². The largest absolute Gasteiger partial charge is 0.319 e. The van der Waals surface area contributed by atoms with Crippen LogP contribution in [0.15, 0.2) is 47.5 Å². The molecule has 0 fully saturated rings. The third-order valence-electron chi connectivity index (χ3n) is 3.86. The van der Waals surface area contributed by atoms with Crippen molar-refractivity contribution in [2.45, 2.75) is 20.3 Å². The van der Waals surface area contributed by atoms with E-state index in [1.54, 1.807) is 11.3 Å². The third-order valence-corrected chi connectivity index (χ3v) is 4.97. The van der Waals surface area contributed by atoms with Crippen LogP contribution >= 0.6 is 11.3 Å². The van der Waals surface area contributed by atoms with E-state index in [1.807, 2.05) is 41.9 Å². The molecule has 1 amide bonds. The SMILES string of the molecule is Cc1ccc(CC(=O)N=c2sc3ccccc3n2C)cc1C. The minimum absolute atomic E-state index is 0.106. The van der Waals surface area contributed by atoms with Gasteiger partial charge in [0.25, 0.3) is 5.91 Å². The minimum atomic E-state index is -0.106. The molecule has 0 radical (unpaired) electrons. The van der Waals surface area contributed by atoms with E-state index in [-0.39, 0.29) is 5.91 Å². The number of thiazole rings is 1. The highest BCUT2D eigenvalue weighted by molar-refractivity contribution is 7.16. The summed E-state index contributed by atoms with van der Waals surface area (Å²) in [5.41, 5.74) is 4.56. The molecule has 1 aromatic heterocycles. The standard InChI is InChI=1S/C18H18N2OS/c1-12-8-9-14(10-13(12)2)11-17(21)19-18-20(3)15-6-4-5-7-16(15)22-18/h4-10H,11H2,1-3H3. The summed E-state index contributed by atoms with van der Waals surface area (Å²) in [6.45, 7) is 4.13. The summed E-state index contributed by atoms with van der Waals surface area (Å²) in [4.78, 5) is 17.3. The zero-order valence-corrected chi connectivity index (χ0v) is 13.8. The highest BCUT2D eigenvalue weighted by atomic mass is 32.1. The Morgan fingerprint density at radius 2 is 1.91 bits per heavy atom. The van der Waals surface area contributed by atoms with Crippen LogP contribution < -0.4 is 4.80 Å². The van der Waals surface area contributed by atoms with E-state index in [0.717, 1.165) is 20.6 Å². The second-order valence-corrected chi connectivity index (χ2v) is 6.52. The van der Waals surface area contributed by atoms with Gasteiger partial charge in [-0.2, -0.15) is 4.99 Å². The molecule has 0 saturated carbocycles. The first kappa shape index (κ1) is 14.7. The fourth-order valence-corrected chi connectivity index (χ4v) is 3.46. The van der Waals surface area contributed by atoms with Gasteiger partial charge < -0.3 is 4.57 Å². The predicted molar refractivity (Wildman–Crippen MR) is 91.0 cm³/mol. The van der Waals surface area contributed by atoms with E-state index in [9.17, 15) is 4.79 Å². The Hall–Kier alpha value is -2.20. The van der Waals surface area contributed by atoms with Gasteiger partial charge in [0.15, 0.2) is 4.80 Å². The second-order valence-electron chi connectivity index (χ2n) is 5.51. The molecule has 0 atom stereocenters. The molecule has 0 aliphatic carbocycles. The molecule has 1 heterocycles. The molecular weight excluding hydrogens is 292 g/mol. The Morgan fingerprint density at radius 3 is 2.64 bits per heavy atom. The zero-order valence-electron chi connectivity index (χ0n) is 13.0. The first-order valence-electron chi connectivity index (χ1n) is 7.23. The number of rotatable bonds is 2. The summed E-state index contributed by atoms with van der Waals surface area (Å²) in [6, 6.07) is 14.2. The van der Waals surface area contributed by atoms with E-state index in [4.69, 9.17) is 0 Å². The molecule has 3 nitrogen and oxygen atoms in total. The van der Waals surface area contributed by atoms with Gasteiger partial charge in [0, 0.05) is 7.05 Å². The molecule has 0 saturated heterocycles. The maximum atomic E-state index is 12.2. The van der Waals surface area contributed by atoms with Crippen LogP contribution in [0.2, 0.25) is 0 Å². The monoisotopic (exact) mass is 310 g/mol. The van der Waals surface area contributed by atoms with Crippen LogP contribution in [0.4, 0.5) is 0 Å². The van der Waals surface area contributed by atoms with Gasteiger partial charge in [0.2, 0.25) is 0 Å². The van der Waals surface area contributed by atoms with Crippen LogP contribution in [-0.4, -0.2) is 10.5 Å². The fraction of sp³-hybridized carbons (Fsp3) is 0.222. The number of nitrogens with zero attached hydrogens (tertiary/aromatic N) is 2. The van der Waals surface area contributed by atoms with Crippen molar-refractivity contribution in [2.75, 3.05) is 0 Å². The molecular formula is C18H18N2OS. The van der Waals surface area contributed by atoms with Gasteiger partial charge >= 0.3 is 0 Å². The molecule has 112 valence electrons. The number of benzene rings is 2. The summed E-state index contributed by atoms with van der Waals surface area (Å²) in [7, 11) is 1.95. The van der Waals surface area contributed by atoms with Crippen LogP contribution in [0.5, 0.6) is 0 Å². The fourth-order valence-electron chi connectivity index (χ4n) is 2.42. The van der Waals surface area contributed by atoms with Crippen LogP contribution in [0.3, 0.4) is 0 Å². The van der Waals surface area contributed by atoms with Crippen molar-refractivity contribution in [1.29, 1.82) is 0 Å². The number of para-hydroxylation sites is 1. The molecule has 2 aromatic carbocycles. The lowest BCUT2D eigenvalue weighted by Crippen LogP contribution is -2.14. The highest BCUT2D eigenvalue weighted by Gasteiger charge is 2.06. The van der Waals surface area contributed by atoms with Gasteiger partial charge in [-0.3, -0.25) is 4.79 Å². The van der Waals surface area contributed by atoms with Crippen molar-refractivity contribution in [3.8, 4) is 0 Å². The molecule has 0 spiro atoms. The van der Waals surface area contributed by atoms with E-state index >= 15 is 0 Å². The van der Waals surface area contributed by atoms with E-state index < -0.39 is 0 Å². The quantitative estimate of drug-likeness (QED) is 0.713. The van der Waals surface area contributed by atoms with Gasteiger partial charge in [-0.25, -0.2) is 0 Å². The Morgan fingerprint density at radius 1 is 1.14 bits per heavy atom. The summed E-state index contributed by atoms with van der Waals surface area (Å²) < 4.78 is 3.11. The van der Waals surface area contributed by atoms with Gasteiger partial charge in [0.1, 0.15) is 0 Å². The number of fused-ring (bicyclic) bond motifs is 1. The highest BCUT2D eigenvalue weighted by Crippen LogP contribution is 2.15. The normalized spacial score (nSPS) is 12.0.